The van der Waals surface area contributed by atoms with Gasteiger partial charge in [0.05, 0.1) is 10.6 Å². The fourth-order valence-corrected chi connectivity index (χ4v) is 1.06. The van der Waals surface area contributed by atoms with Gasteiger partial charge in [-0.25, -0.2) is 0 Å². The van der Waals surface area contributed by atoms with Crippen molar-refractivity contribution in [2.45, 2.75) is 19.8 Å². The number of rotatable bonds is 2. The zero-order valence-corrected chi connectivity index (χ0v) is 7.80. The van der Waals surface area contributed by atoms with Gasteiger partial charge in [0.25, 0.3) is 0 Å². The molecule has 1 aromatic heterocycles. The molecule has 0 aliphatic heterocycles. The molecule has 0 fully saturated rings. The molecule has 1 heterocycles. The van der Waals surface area contributed by atoms with Gasteiger partial charge < -0.3 is 0 Å². The van der Waals surface area contributed by atoms with Crippen LogP contribution in [0.15, 0.2) is 12.3 Å². The lowest BCUT2D eigenvalue weighted by molar-refractivity contribution is 0.112. The van der Waals surface area contributed by atoms with E-state index in [2.05, 4.69) is 4.98 Å². The third-order valence-electron chi connectivity index (χ3n) is 1.62. The summed E-state index contributed by atoms with van der Waals surface area (Å²) in [6.45, 7) is 4.05. The number of pyridine rings is 1. The van der Waals surface area contributed by atoms with E-state index in [0.717, 1.165) is 5.69 Å². The largest absolute Gasteiger partial charge is 0.298 e. The maximum Gasteiger partial charge on any atom is 0.153 e. The Morgan fingerprint density at radius 2 is 2.25 bits per heavy atom. The normalized spacial score (nSPS) is 10.3. The smallest absolute Gasteiger partial charge is 0.153 e. The maximum atomic E-state index is 10.4. The lowest BCUT2D eigenvalue weighted by Gasteiger charge is -2.04. The minimum Gasteiger partial charge on any atom is -0.298 e. The first-order valence-electron chi connectivity index (χ1n) is 3.75. The Morgan fingerprint density at radius 1 is 1.58 bits per heavy atom. The van der Waals surface area contributed by atoms with Crippen molar-refractivity contribution in [2.24, 2.45) is 0 Å². The predicted molar refractivity (Wildman–Crippen MR) is 48.7 cm³/mol. The van der Waals surface area contributed by atoms with E-state index in [4.69, 9.17) is 11.6 Å². The molecule has 0 aliphatic rings. The molecule has 0 N–H and O–H groups in total. The number of nitrogens with zero attached hydrogens (tertiary/aromatic N) is 1. The summed E-state index contributed by atoms with van der Waals surface area (Å²) in [5.74, 6) is 0.336. The fourth-order valence-electron chi connectivity index (χ4n) is 0.859. The standard InChI is InChI=1S/C9H10ClNO/c1-6(2)9-3-8(10)7(5-12)4-11-9/h3-6H,1-2H3. The topological polar surface area (TPSA) is 30.0 Å². The highest BCUT2D eigenvalue weighted by Crippen LogP contribution is 2.18. The van der Waals surface area contributed by atoms with Gasteiger partial charge in [0, 0.05) is 11.9 Å². The molecular formula is C9H10ClNO. The Bertz CT molecular complexity index is 297. The van der Waals surface area contributed by atoms with Gasteiger partial charge in [-0.1, -0.05) is 25.4 Å². The molecular weight excluding hydrogens is 174 g/mol. The Morgan fingerprint density at radius 3 is 2.67 bits per heavy atom. The highest BCUT2D eigenvalue weighted by atomic mass is 35.5. The summed E-state index contributed by atoms with van der Waals surface area (Å²) in [6.07, 6.45) is 2.21. The highest BCUT2D eigenvalue weighted by molar-refractivity contribution is 6.32. The Labute approximate surface area is 76.6 Å². The summed E-state index contributed by atoms with van der Waals surface area (Å²) in [7, 11) is 0. The van der Waals surface area contributed by atoms with Gasteiger partial charge in [0.1, 0.15) is 0 Å². The van der Waals surface area contributed by atoms with E-state index in [9.17, 15) is 4.79 Å². The van der Waals surface area contributed by atoms with Crippen LogP contribution in [0.25, 0.3) is 0 Å². The van der Waals surface area contributed by atoms with Crippen molar-refractivity contribution in [3.8, 4) is 0 Å². The molecule has 3 heteroatoms. The molecule has 1 aromatic rings. The van der Waals surface area contributed by atoms with Crippen molar-refractivity contribution in [2.75, 3.05) is 0 Å². The summed E-state index contributed by atoms with van der Waals surface area (Å²) in [6, 6.07) is 1.73. The van der Waals surface area contributed by atoms with Crippen molar-refractivity contribution < 1.29 is 4.79 Å². The van der Waals surface area contributed by atoms with Crippen LogP contribution < -0.4 is 0 Å². The molecule has 0 spiro atoms. The maximum absolute atomic E-state index is 10.4. The zero-order valence-electron chi connectivity index (χ0n) is 7.04. The molecule has 1 rings (SSSR count). The summed E-state index contributed by atoms with van der Waals surface area (Å²) in [5.41, 5.74) is 1.35. The van der Waals surface area contributed by atoms with Crippen LogP contribution in [-0.2, 0) is 0 Å². The van der Waals surface area contributed by atoms with Crippen LogP contribution in [-0.4, -0.2) is 11.3 Å². The fraction of sp³-hybridized carbons (Fsp3) is 0.333. The van der Waals surface area contributed by atoms with E-state index >= 15 is 0 Å². The van der Waals surface area contributed by atoms with E-state index in [1.807, 2.05) is 13.8 Å². The summed E-state index contributed by atoms with van der Waals surface area (Å²) in [4.78, 5) is 14.5. The van der Waals surface area contributed by atoms with E-state index in [-0.39, 0.29) is 0 Å². The highest BCUT2D eigenvalue weighted by Gasteiger charge is 2.04. The van der Waals surface area contributed by atoms with E-state index < -0.39 is 0 Å². The Hall–Kier alpha value is -0.890. The monoisotopic (exact) mass is 183 g/mol. The number of aldehydes is 1. The third kappa shape index (κ3) is 1.83. The van der Waals surface area contributed by atoms with Crippen molar-refractivity contribution >= 4 is 17.9 Å². The Balaban J connectivity index is 3.10. The molecule has 64 valence electrons. The van der Waals surface area contributed by atoms with Crippen molar-refractivity contribution in [3.63, 3.8) is 0 Å². The molecule has 0 unspecified atom stereocenters. The lowest BCUT2D eigenvalue weighted by Crippen LogP contribution is -1.94. The first-order valence-corrected chi connectivity index (χ1v) is 4.13. The number of hydrogen-bond donors (Lipinski definition) is 0. The minimum atomic E-state index is 0.336. The quantitative estimate of drug-likeness (QED) is 0.660. The SMILES string of the molecule is CC(C)c1cc(Cl)c(C=O)cn1. The number of aromatic nitrogens is 1. The number of hydrogen-bond acceptors (Lipinski definition) is 2. The van der Waals surface area contributed by atoms with Crippen LogP contribution in [0.5, 0.6) is 0 Å². The number of carbonyl (C=O) groups excluding carboxylic acids is 1. The van der Waals surface area contributed by atoms with Crippen LogP contribution in [0.2, 0.25) is 5.02 Å². The van der Waals surface area contributed by atoms with E-state index in [1.54, 1.807) is 6.07 Å². The van der Waals surface area contributed by atoms with Crippen molar-refractivity contribution in [1.82, 2.24) is 4.98 Å². The van der Waals surface area contributed by atoms with Crippen LogP contribution in [0.4, 0.5) is 0 Å². The van der Waals surface area contributed by atoms with Crippen LogP contribution in [0, 0.1) is 0 Å². The average molecular weight is 184 g/mol. The molecule has 0 radical (unpaired) electrons. The first-order chi connectivity index (χ1) is 5.65. The number of halogens is 1. The summed E-state index contributed by atoms with van der Waals surface area (Å²) in [5, 5.41) is 0.476. The Kier molecular flexibility index (Phi) is 2.82. The molecule has 0 saturated carbocycles. The van der Waals surface area contributed by atoms with Crippen molar-refractivity contribution in [3.05, 3.63) is 28.5 Å². The summed E-state index contributed by atoms with van der Waals surface area (Å²) >= 11 is 5.80. The van der Waals surface area contributed by atoms with E-state index in [0.29, 0.717) is 22.8 Å². The molecule has 0 bridgehead atoms. The van der Waals surface area contributed by atoms with Gasteiger partial charge in [-0.05, 0) is 12.0 Å². The zero-order chi connectivity index (χ0) is 9.14. The third-order valence-corrected chi connectivity index (χ3v) is 1.95. The number of carbonyl (C=O) groups is 1. The van der Waals surface area contributed by atoms with Gasteiger partial charge in [-0.3, -0.25) is 9.78 Å². The molecule has 0 aromatic carbocycles. The van der Waals surface area contributed by atoms with Gasteiger partial charge >= 0.3 is 0 Å². The minimum absolute atomic E-state index is 0.336. The van der Waals surface area contributed by atoms with Gasteiger partial charge in [-0.15, -0.1) is 0 Å². The van der Waals surface area contributed by atoms with Gasteiger partial charge in [0.15, 0.2) is 6.29 Å². The van der Waals surface area contributed by atoms with Crippen LogP contribution in [0.1, 0.15) is 35.8 Å². The predicted octanol–water partition coefficient (Wildman–Crippen LogP) is 2.67. The second-order valence-corrected chi connectivity index (χ2v) is 3.31. The summed E-state index contributed by atoms with van der Waals surface area (Å²) < 4.78 is 0. The van der Waals surface area contributed by atoms with Gasteiger partial charge in [-0.2, -0.15) is 0 Å². The van der Waals surface area contributed by atoms with Crippen molar-refractivity contribution in [1.29, 1.82) is 0 Å². The second-order valence-electron chi connectivity index (χ2n) is 2.90. The van der Waals surface area contributed by atoms with Gasteiger partial charge in [0.2, 0.25) is 0 Å². The first kappa shape index (κ1) is 9.20. The molecule has 0 atom stereocenters. The molecule has 0 amide bonds. The molecule has 12 heavy (non-hydrogen) atoms. The molecule has 0 aliphatic carbocycles. The molecule has 0 saturated heterocycles. The van der Waals surface area contributed by atoms with E-state index in [1.165, 1.54) is 6.20 Å². The van der Waals surface area contributed by atoms with Crippen LogP contribution in [0.3, 0.4) is 0 Å². The average Bonchev–Trinajstić information content (AvgIpc) is 2.04. The van der Waals surface area contributed by atoms with Crippen LogP contribution >= 0.6 is 11.6 Å². The second kappa shape index (κ2) is 3.68. The molecule has 2 nitrogen and oxygen atoms in total. The lowest BCUT2D eigenvalue weighted by atomic mass is 10.1.